The van der Waals surface area contributed by atoms with Crippen LogP contribution in [0.25, 0.3) is 0 Å². The van der Waals surface area contributed by atoms with Crippen molar-refractivity contribution >= 4 is 25.7 Å². The Hall–Kier alpha value is -1.52. The molecule has 0 bridgehead atoms. The molecule has 338 valence electrons. The second kappa shape index (κ2) is 41.2. The Morgan fingerprint density at radius 3 is 1.11 bits per heavy atom. The average Bonchev–Trinajstić information content (AvgIpc) is 3.19. The third kappa shape index (κ3) is 41.0. The lowest BCUT2D eigenvalue weighted by molar-refractivity contribution is -0.161. The maximum atomic E-state index is 12.7. The molecule has 0 aliphatic heterocycles. The molecule has 0 aromatic rings. The van der Waals surface area contributed by atoms with Gasteiger partial charge < -0.3 is 25.2 Å². The smallest absolute Gasteiger partial charge is 0.472 e. The van der Waals surface area contributed by atoms with Crippen LogP contribution in [0, 0.1) is 0 Å². The van der Waals surface area contributed by atoms with E-state index < -0.39 is 51.1 Å². The van der Waals surface area contributed by atoms with E-state index in [0.29, 0.717) is 12.8 Å². The maximum Gasteiger partial charge on any atom is 0.472 e. The molecule has 0 heterocycles. The van der Waals surface area contributed by atoms with E-state index in [2.05, 4.69) is 18.4 Å². The lowest BCUT2D eigenvalue weighted by Crippen LogP contribution is -2.34. The maximum absolute atomic E-state index is 12.7. The molecular weight excluding hydrogens is 745 g/mol. The molecule has 0 saturated heterocycles. The minimum absolute atomic E-state index is 0.170. The Morgan fingerprint density at radius 1 is 0.474 bits per heavy atom. The summed E-state index contributed by atoms with van der Waals surface area (Å²) < 4.78 is 32.8. The molecule has 0 aliphatic rings. The van der Waals surface area contributed by atoms with Crippen LogP contribution in [0.5, 0.6) is 0 Å². The number of hydrogen-bond donors (Lipinski definition) is 3. The first kappa shape index (κ1) is 55.5. The molecule has 0 aromatic heterocycles. The molecule has 0 saturated carbocycles. The van der Waals surface area contributed by atoms with Crippen molar-refractivity contribution in [2.45, 2.75) is 251 Å². The van der Waals surface area contributed by atoms with Gasteiger partial charge in [-0.2, -0.15) is 0 Å². The Balaban J connectivity index is 4.23. The van der Waals surface area contributed by atoms with Crippen LogP contribution in [0.1, 0.15) is 239 Å². The normalized spacial score (nSPS) is 13.6. The molecule has 11 nitrogen and oxygen atoms in total. The molecule has 0 amide bonds. The first-order valence-electron chi connectivity index (χ1n) is 23.6. The van der Waals surface area contributed by atoms with Gasteiger partial charge in [0.05, 0.1) is 13.2 Å². The van der Waals surface area contributed by atoms with Crippen molar-refractivity contribution in [3.8, 4) is 0 Å². The van der Waals surface area contributed by atoms with Crippen LogP contribution in [0.3, 0.4) is 0 Å². The third-order valence-electron chi connectivity index (χ3n) is 10.6. The van der Waals surface area contributed by atoms with Crippen LogP contribution in [-0.4, -0.2) is 59.9 Å². The monoisotopic (exact) mass is 834 g/mol. The Bertz CT molecular complexity index is 984. The summed E-state index contributed by atoms with van der Waals surface area (Å²) in [4.78, 5) is 46.0. The fraction of sp³-hybridized carbons (Fsp3) is 0.933. The molecule has 12 heteroatoms. The fourth-order valence-corrected chi connectivity index (χ4v) is 7.67. The lowest BCUT2D eigenvalue weighted by atomic mass is 10.0. The van der Waals surface area contributed by atoms with E-state index in [1.165, 1.54) is 161 Å². The van der Waals surface area contributed by atoms with Gasteiger partial charge >= 0.3 is 25.7 Å². The van der Waals surface area contributed by atoms with Crippen LogP contribution in [-0.2, 0) is 37.5 Å². The Labute approximate surface area is 348 Å². The highest BCUT2D eigenvalue weighted by molar-refractivity contribution is 7.47. The van der Waals surface area contributed by atoms with E-state index in [0.717, 1.165) is 38.5 Å². The number of ether oxygens (including phenoxy) is 2. The summed E-state index contributed by atoms with van der Waals surface area (Å²) in [5, 5.41) is 8.90. The summed E-state index contributed by atoms with van der Waals surface area (Å²) in [6, 6.07) is -1.52. The molecule has 0 radical (unpaired) electrons. The quantitative estimate of drug-likeness (QED) is 0.0303. The molecule has 3 atom stereocenters. The minimum Gasteiger partial charge on any atom is -0.480 e. The SMILES string of the molecule is CCCCCCCCCCCCCCCCCCCCCCC(=O)OC(COC(=O)CCCCCCCCCCCCCCC)COP(=O)(O)OCC(N)C(=O)O. The summed E-state index contributed by atoms with van der Waals surface area (Å²) in [5.74, 6) is -2.36. The van der Waals surface area contributed by atoms with E-state index in [9.17, 15) is 23.8 Å². The standard InChI is InChI=1S/C45H88NO10P/c1-3-5-7-9-11-13-15-17-18-19-20-21-22-23-25-27-29-31-33-35-37-44(48)56-41(39-54-57(51,52)55-40-42(46)45(49)50)38-53-43(47)36-34-32-30-28-26-24-16-14-12-10-8-6-4-2/h41-42H,3-40,46H2,1-2H3,(H,49,50)(H,51,52). The van der Waals surface area contributed by atoms with Gasteiger partial charge in [-0.25, -0.2) is 4.57 Å². The summed E-state index contributed by atoms with van der Waals surface area (Å²) in [7, 11) is -4.71. The van der Waals surface area contributed by atoms with Crippen molar-refractivity contribution in [2.24, 2.45) is 5.73 Å². The van der Waals surface area contributed by atoms with Gasteiger partial charge in [-0.3, -0.25) is 23.4 Å². The number of carboxylic acids is 1. The predicted octanol–water partition coefficient (Wildman–Crippen LogP) is 12.7. The summed E-state index contributed by atoms with van der Waals surface area (Å²) in [5.41, 5.74) is 5.34. The first-order valence-corrected chi connectivity index (χ1v) is 25.1. The Kier molecular flexibility index (Phi) is 40.1. The van der Waals surface area contributed by atoms with Crippen LogP contribution in [0.2, 0.25) is 0 Å². The lowest BCUT2D eigenvalue weighted by Gasteiger charge is -2.20. The number of phosphoric acid groups is 1. The first-order chi connectivity index (χ1) is 27.6. The minimum atomic E-state index is -4.71. The molecule has 0 aliphatic carbocycles. The highest BCUT2D eigenvalue weighted by atomic mass is 31.2. The number of carbonyl (C=O) groups is 3. The number of carbonyl (C=O) groups excluding carboxylic acids is 2. The third-order valence-corrected chi connectivity index (χ3v) is 11.6. The summed E-state index contributed by atoms with van der Waals surface area (Å²) in [6.07, 6.45) is 40.2. The molecule has 57 heavy (non-hydrogen) atoms. The van der Waals surface area contributed by atoms with Gasteiger partial charge in [-0.1, -0.05) is 213 Å². The average molecular weight is 834 g/mol. The van der Waals surface area contributed by atoms with E-state index in [1.807, 2.05) is 0 Å². The van der Waals surface area contributed by atoms with Crippen molar-refractivity contribution in [2.75, 3.05) is 19.8 Å². The largest absolute Gasteiger partial charge is 0.480 e. The second-order valence-corrected chi connectivity index (χ2v) is 17.7. The van der Waals surface area contributed by atoms with Crippen LogP contribution < -0.4 is 5.73 Å². The fourth-order valence-electron chi connectivity index (χ4n) is 6.89. The van der Waals surface area contributed by atoms with Crippen molar-refractivity contribution in [3.05, 3.63) is 0 Å². The molecule has 0 rings (SSSR count). The zero-order valence-electron chi connectivity index (χ0n) is 36.7. The van der Waals surface area contributed by atoms with Gasteiger partial charge in [-0.05, 0) is 12.8 Å². The second-order valence-electron chi connectivity index (χ2n) is 16.3. The van der Waals surface area contributed by atoms with Crippen molar-refractivity contribution in [3.63, 3.8) is 0 Å². The predicted molar refractivity (Wildman–Crippen MR) is 231 cm³/mol. The number of esters is 2. The molecule has 3 unspecified atom stereocenters. The molecule has 0 aromatic carbocycles. The van der Waals surface area contributed by atoms with Crippen LogP contribution >= 0.6 is 7.82 Å². The zero-order valence-corrected chi connectivity index (χ0v) is 37.6. The van der Waals surface area contributed by atoms with Gasteiger partial charge in [0.15, 0.2) is 6.10 Å². The highest BCUT2D eigenvalue weighted by Crippen LogP contribution is 2.43. The number of rotatable bonds is 45. The molecule has 0 fully saturated rings. The molecule has 0 spiro atoms. The zero-order chi connectivity index (χ0) is 42.1. The van der Waals surface area contributed by atoms with Crippen LogP contribution in [0.4, 0.5) is 0 Å². The topological polar surface area (TPSA) is 172 Å². The molecule has 4 N–H and O–H groups in total. The highest BCUT2D eigenvalue weighted by Gasteiger charge is 2.28. The van der Waals surface area contributed by atoms with Gasteiger partial charge in [0, 0.05) is 12.8 Å². The number of carboxylic acid groups (broad SMARTS) is 1. The van der Waals surface area contributed by atoms with Gasteiger partial charge in [0.25, 0.3) is 0 Å². The number of aliphatic carboxylic acids is 1. The number of phosphoric ester groups is 1. The Morgan fingerprint density at radius 2 is 0.772 bits per heavy atom. The van der Waals surface area contributed by atoms with E-state index in [4.69, 9.17) is 24.8 Å². The number of nitrogens with two attached hydrogens (primary N) is 1. The summed E-state index contributed by atoms with van der Waals surface area (Å²) in [6.45, 7) is 2.85. The van der Waals surface area contributed by atoms with E-state index in [1.54, 1.807) is 0 Å². The van der Waals surface area contributed by atoms with Gasteiger partial charge in [0.2, 0.25) is 0 Å². The number of unbranched alkanes of at least 4 members (excludes halogenated alkanes) is 31. The number of hydrogen-bond acceptors (Lipinski definition) is 9. The van der Waals surface area contributed by atoms with Crippen molar-refractivity contribution in [1.29, 1.82) is 0 Å². The van der Waals surface area contributed by atoms with Crippen molar-refractivity contribution in [1.82, 2.24) is 0 Å². The molecular formula is C45H88NO10P. The van der Waals surface area contributed by atoms with Gasteiger partial charge in [0.1, 0.15) is 12.6 Å². The van der Waals surface area contributed by atoms with Crippen LogP contribution in [0.15, 0.2) is 0 Å². The van der Waals surface area contributed by atoms with E-state index >= 15 is 0 Å². The van der Waals surface area contributed by atoms with E-state index in [-0.39, 0.29) is 19.4 Å². The summed E-state index contributed by atoms with van der Waals surface area (Å²) >= 11 is 0. The van der Waals surface area contributed by atoms with Gasteiger partial charge in [-0.15, -0.1) is 0 Å². The van der Waals surface area contributed by atoms with Crippen molar-refractivity contribution < 1.29 is 47.5 Å².